The molecule has 4 nitrogen and oxygen atoms in total. The average Bonchev–Trinajstić information content (AvgIpc) is 2.62. The summed E-state index contributed by atoms with van der Waals surface area (Å²) in [5.41, 5.74) is 3.32. The van der Waals surface area contributed by atoms with E-state index in [4.69, 9.17) is 0 Å². The maximum absolute atomic E-state index is 12.1. The third-order valence-electron chi connectivity index (χ3n) is 4.38. The van der Waals surface area contributed by atoms with Crippen molar-refractivity contribution in [3.8, 4) is 0 Å². The lowest BCUT2D eigenvalue weighted by Gasteiger charge is -2.34. The second-order valence-corrected chi connectivity index (χ2v) is 7.85. The predicted octanol–water partition coefficient (Wildman–Crippen LogP) is 0.145. The molecule has 3 rings (SSSR count). The Hall–Kier alpha value is -1.07. The molecule has 0 aromatic heterocycles. The van der Waals surface area contributed by atoms with E-state index in [1.807, 2.05) is 12.1 Å². The minimum Gasteiger partial charge on any atom is -0.337 e. The van der Waals surface area contributed by atoms with Crippen molar-refractivity contribution in [3.05, 3.63) is 29.3 Å². The van der Waals surface area contributed by atoms with E-state index in [0.717, 1.165) is 25.2 Å². The van der Waals surface area contributed by atoms with Gasteiger partial charge in [0.25, 0.3) is 0 Å². The zero-order valence-corrected chi connectivity index (χ0v) is 12.5. The SMILES string of the molecule is Cc1ccc2c(c1)[C@H]1C[NH+](C)CC[C@H]1N2S(C)(=O)=O. The van der Waals surface area contributed by atoms with Gasteiger partial charge in [-0.3, -0.25) is 4.31 Å². The summed E-state index contributed by atoms with van der Waals surface area (Å²) in [5, 5.41) is 0. The van der Waals surface area contributed by atoms with Gasteiger partial charge >= 0.3 is 0 Å². The lowest BCUT2D eigenvalue weighted by atomic mass is 9.89. The van der Waals surface area contributed by atoms with Crippen LogP contribution >= 0.6 is 0 Å². The van der Waals surface area contributed by atoms with Crippen LogP contribution in [0.3, 0.4) is 0 Å². The van der Waals surface area contributed by atoms with Crippen molar-refractivity contribution in [2.45, 2.75) is 25.3 Å². The smallest absolute Gasteiger partial charge is 0.232 e. The molecule has 1 fully saturated rings. The molecule has 2 aliphatic rings. The largest absolute Gasteiger partial charge is 0.337 e. The molecule has 104 valence electrons. The summed E-state index contributed by atoms with van der Waals surface area (Å²) in [4.78, 5) is 1.49. The molecule has 19 heavy (non-hydrogen) atoms. The van der Waals surface area contributed by atoms with Crippen LogP contribution in [0.25, 0.3) is 0 Å². The lowest BCUT2D eigenvalue weighted by Crippen LogP contribution is -3.11. The number of hydrogen-bond donors (Lipinski definition) is 1. The van der Waals surface area contributed by atoms with Gasteiger partial charge in [0.1, 0.15) is 0 Å². The van der Waals surface area contributed by atoms with E-state index in [9.17, 15) is 8.42 Å². The second-order valence-electron chi connectivity index (χ2n) is 5.99. The molecule has 1 aromatic carbocycles. The number of sulfonamides is 1. The first-order chi connectivity index (χ1) is 8.88. The van der Waals surface area contributed by atoms with Crippen LogP contribution in [0.2, 0.25) is 0 Å². The topological polar surface area (TPSA) is 41.8 Å². The molecule has 0 bridgehead atoms. The van der Waals surface area contributed by atoms with Gasteiger partial charge in [-0.05, 0) is 18.6 Å². The van der Waals surface area contributed by atoms with Gasteiger partial charge in [-0.15, -0.1) is 0 Å². The van der Waals surface area contributed by atoms with E-state index in [1.165, 1.54) is 22.3 Å². The monoisotopic (exact) mass is 281 g/mol. The van der Waals surface area contributed by atoms with Crippen molar-refractivity contribution in [2.24, 2.45) is 0 Å². The molecule has 0 amide bonds. The number of likely N-dealkylation sites (N-methyl/N-ethyl adjacent to an activating group) is 1. The van der Waals surface area contributed by atoms with Crippen molar-refractivity contribution in [1.29, 1.82) is 0 Å². The summed E-state index contributed by atoms with van der Waals surface area (Å²) in [6.07, 6.45) is 2.27. The maximum Gasteiger partial charge on any atom is 0.232 e. The molecular formula is C14H21N2O2S+. The number of nitrogens with zero attached hydrogens (tertiary/aromatic N) is 1. The van der Waals surface area contributed by atoms with E-state index in [0.29, 0.717) is 5.92 Å². The van der Waals surface area contributed by atoms with Crippen molar-refractivity contribution in [3.63, 3.8) is 0 Å². The first kappa shape index (κ1) is 12.9. The van der Waals surface area contributed by atoms with Gasteiger partial charge in [-0.25, -0.2) is 8.42 Å². The average molecular weight is 281 g/mol. The maximum atomic E-state index is 12.1. The molecule has 0 spiro atoms. The third kappa shape index (κ3) is 2.05. The van der Waals surface area contributed by atoms with Crippen LogP contribution in [0.5, 0.6) is 0 Å². The molecule has 1 N–H and O–H groups in total. The van der Waals surface area contributed by atoms with Gasteiger partial charge in [-0.1, -0.05) is 17.7 Å². The minimum absolute atomic E-state index is 0.121. The number of benzene rings is 1. The Morgan fingerprint density at radius 3 is 2.79 bits per heavy atom. The van der Waals surface area contributed by atoms with Gasteiger partial charge in [0, 0.05) is 6.42 Å². The minimum atomic E-state index is -3.19. The van der Waals surface area contributed by atoms with E-state index < -0.39 is 10.0 Å². The zero-order valence-electron chi connectivity index (χ0n) is 11.7. The first-order valence-corrected chi connectivity index (χ1v) is 8.64. The van der Waals surface area contributed by atoms with Gasteiger partial charge in [0.05, 0.1) is 44.0 Å². The fourth-order valence-electron chi connectivity index (χ4n) is 3.58. The van der Waals surface area contributed by atoms with Gasteiger partial charge in [0.2, 0.25) is 10.0 Å². The van der Waals surface area contributed by atoms with Gasteiger partial charge in [-0.2, -0.15) is 0 Å². The van der Waals surface area contributed by atoms with Crippen LogP contribution in [0.4, 0.5) is 5.69 Å². The van der Waals surface area contributed by atoms with Crippen LogP contribution in [0.1, 0.15) is 23.5 Å². The predicted molar refractivity (Wildman–Crippen MR) is 76.3 cm³/mol. The van der Waals surface area contributed by atoms with E-state index in [2.05, 4.69) is 20.0 Å². The number of fused-ring (bicyclic) bond motifs is 3. The Morgan fingerprint density at radius 2 is 2.11 bits per heavy atom. The Bertz CT molecular complexity index is 612. The van der Waals surface area contributed by atoms with Crippen molar-refractivity contribution >= 4 is 15.7 Å². The van der Waals surface area contributed by atoms with Crippen LogP contribution in [-0.2, 0) is 10.0 Å². The quantitative estimate of drug-likeness (QED) is 0.796. The molecular weight excluding hydrogens is 260 g/mol. The highest BCUT2D eigenvalue weighted by atomic mass is 32.2. The van der Waals surface area contributed by atoms with Crippen LogP contribution in [0, 0.1) is 6.92 Å². The summed E-state index contributed by atoms with van der Waals surface area (Å²) in [7, 11) is -1.00. The molecule has 1 unspecified atom stereocenters. The molecule has 2 aliphatic heterocycles. The zero-order chi connectivity index (χ0) is 13.8. The number of anilines is 1. The van der Waals surface area contributed by atoms with Crippen LogP contribution < -0.4 is 9.21 Å². The van der Waals surface area contributed by atoms with Gasteiger partial charge in [0.15, 0.2) is 0 Å². The number of likely N-dealkylation sites (tertiary alicyclic amines) is 1. The summed E-state index contributed by atoms with van der Waals surface area (Å²) < 4.78 is 25.9. The van der Waals surface area contributed by atoms with Crippen LogP contribution in [-0.4, -0.2) is 40.9 Å². The lowest BCUT2D eigenvalue weighted by molar-refractivity contribution is -0.886. The van der Waals surface area contributed by atoms with E-state index in [1.54, 1.807) is 4.31 Å². The summed E-state index contributed by atoms with van der Waals surface area (Å²) >= 11 is 0. The number of nitrogens with one attached hydrogen (secondary N) is 1. The first-order valence-electron chi connectivity index (χ1n) is 6.79. The van der Waals surface area contributed by atoms with Crippen LogP contribution in [0.15, 0.2) is 18.2 Å². The highest BCUT2D eigenvalue weighted by Crippen LogP contribution is 2.44. The fourth-order valence-corrected chi connectivity index (χ4v) is 4.85. The van der Waals surface area contributed by atoms with Crippen molar-refractivity contribution < 1.29 is 13.3 Å². The van der Waals surface area contributed by atoms with Crippen molar-refractivity contribution in [1.82, 2.24) is 0 Å². The van der Waals surface area contributed by atoms with Gasteiger partial charge < -0.3 is 4.90 Å². The summed E-state index contributed by atoms with van der Waals surface area (Å²) in [6.45, 7) is 4.13. The highest BCUT2D eigenvalue weighted by molar-refractivity contribution is 7.92. The number of hydrogen-bond acceptors (Lipinski definition) is 2. The molecule has 1 aromatic rings. The number of quaternary nitrogens is 1. The van der Waals surface area contributed by atoms with E-state index in [-0.39, 0.29) is 6.04 Å². The highest BCUT2D eigenvalue weighted by Gasteiger charge is 2.46. The molecule has 3 atom stereocenters. The van der Waals surface area contributed by atoms with E-state index >= 15 is 0 Å². The normalized spacial score (nSPS) is 30.1. The fraction of sp³-hybridized carbons (Fsp3) is 0.571. The molecule has 1 saturated heterocycles. The Labute approximate surface area is 115 Å². The molecule has 5 heteroatoms. The molecule has 0 radical (unpaired) electrons. The molecule has 0 saturated carbocycles. The molecule has 2 heterocycles. The Kier molecular flexibility index (Phi) is 2.87. The Balaban J connectivity index is 2.15. The number of rotatable bonds is 1. The third-order valence-corrected chi connectivity index (χ3v) is 5.56. The summed E-state index contributed by atoms with van der Waals surface area (Å²) in [6, 6.07) is 6.26. The second kappa shape index (κ2) is 4.21. The standard InChI is InChI=1S/C14H20N2O2S/c1-10-4-5-13-11(8-10)12-9-15(2)7-6-14(12)16(13)19(3,17)18/h4-5,8,12,14H,6-7,9H2,1-3H3/p+1/t12-,14-/m1/s1. The molecule has 0 aliphatic carbocycles. The van der Waals surface area contributed by atoms with Crippen molar-refractivity contribution in [2.75, 3.05) is 30.7 Å². The number of aryl methyl sites for hydroxylation is 1. The number of piperidine rings is 1. The Morgan fingerprint density at radius 1 is 1.37 bits per heavy atom. The summed E-state index contributed by atoms with van der Waals surface area (Å²) in [5.74, 6) is 0.346.